The maximum atomic E-state index is 12.0. The fourth-order valence-electron chi connectivity index (χ4n) is 1.25. The Balaban J connectivity index is 4.33. The zero-order chi connectivity index (χ0) is 14.0. The zero-order valence-corrected chi connectivity index (χ0v) is 12.2. The first-order valence-electron chi connectivity index (χ1n) is 5.92. The Labute approximate surface area is 110 Å². The highest BCUT2D eigenvalue weighted by Crippen LogP contribution is 1.98. The zero-order valence-electron chi connectivity index (χ0n) is 11.4. The van der Waals surface area contributed by atoms with E-state index in [-0.39, 0.29) is 6.04 Å². The quantitative estimate of drug-likeness (QED) is 0.515. The van der Waals surface area contributed by atoms with Gasteiger partial charge in [0.05, 0.1) is 13.2 Å². The van der Waals surface area contributed by atoms with Crippen molar-refractivity contribution >= 4 is 10.2 Å². The summed E-state index contributed by atoms with van der Waals surface area (Å²) in [5.74, 6) is 0. The molecule has 0 spiro atoms. The van der Waals surface area contributed by atoms with E-state index in [4.69, 9.17) is 15.2 Å². The average Bonchev–Trinajstić information content (AvgIpc) is 2.28. The third-order valence-corrected chi connectivity index (χ3v) is 3.93. The minimum atomic E-state index is -3.49. The van der Waals surface area contributed by atoms with Crippen LogP contribution in [0.4, 0.5) is 0 Å². The molecule has 0 heterocycles. The standard InChI is InChI=1S/C10H25N3O4S/c1-10(11)4-5-12-18(14,15)13(6-8-16-2)7-9-17-3/h10,12H,4-9,11H2,1-3H3. The fraction of sp³-hybridized carbons (Fsp3) is 1.00. The molecule has 0 radical (unpaired) electrons. The molecule has 8 heteroatoms. The van der Waals surface area contributed by atoms with Crippen LogP contribution in [0.2, 0.25) is 0 Å². The second-order valence-corrected chi connectivity index (χ2v) is 5.81. The van der Waals surface area contributed by atoms with Gasteiger partial charge >= 0.3 is 0 Å². The highest BCUT2D eigenvalue weighted by molar-refractivity contribution is 7.87. The van der Waals surface area contributed by atoms with Crippen LogP contribution in [0.25, 0.3) is 0 Å². The molecule has 0 aliphatic heterocycles. The van der Waals surface area contributed by atoms with E-state index in [2.05, 4.69) is 4.72 Å². The van der Waals surface area contributed by atoms with Crippen molar-refractivity contribution < 1.29 is 17.9 Å². The third kappa shape index (κ3) is 7.96. The highest BCUT2D eigenvalue weighted by Gasteiger charge is 2.20. The molecule has 0 aliphatic rings. The predicted octanol–water partition coefficient (Wildman–Crippen LogP) is -0.847. The molecular formula is C10H25N3O4S. The van der Waals surface area contributed by atoms with Crippen molar-refractivity contribution in [1.29, 1.82) is 0 Å². The molecule has 0 amide bonds. The number of hydrogen-bond acceptors (Lipinski definition) is 5. The molecule has 0 aromatic carbocycles. The minimum Gasteiger partial charge on any atom is -0.383 e. The molecule has 0 aliphatic carbocycles. The van der Waals surface area contributed by atoms with Crippen LogP contribution < -0.4 is 10.5 Å². The number of nitrogens with one attached hydrogen (secondary N) is 1. The molecule has 7 nitrogen and oxygen atoms in total. The highest BCUT2D eigenvalue weighted by atomic mass is 32.2. The van der Waals surface area contributed by atoms with Gasteiger partial charge in [0.1, 0.15) is 0 Å². The van der Waals surface area contributed by atoms with E-state index in [1.165, 1.54) is 18.5 Å². The second kappa shape index (κ2) is 9.65. The molecule has 0 saturated carbocycles. The van der Waals surface area contributed by atoms with E-state index < -0.39 is 10.2 Å². The number of rotatable bonds is 11. The molecule has 0 bridgehead atoms. The van der Waals surface area contributed by atoms with Crippen LogP contribution in [0, 0.1) is 0 Å². The topological polar surface area (TPSA) is 93.9 Å². The molecule has 0 rings (SSSR count). The Hall–Kier alpha value is -0.250. The van der Waals surface area contributed by atoms with E-state index >= 15 is 0 Å². The first-order valence-corrected chi connectivity index (χ1v) is 7.36. The van der Waals surface area contributed by atoms with Crippen LogP contribution in [-0.2, 0) is 19.7 Å². The van der Waals surface area contributed by atoms with Gasteiger partial charge in [-0.3, -0.25) is 0 Å². The lowest BCUT2D eigenvalue weighted by Gasteiger charge is -2.22. The summed E-state index contributed by atoms with van der Waals surface area (Å²) in [5.41, 5.74) is 5.57. The maximum Gasteiger partial charge on any atom is 0.279 e. The van der Waals surface area contributed by atoms with Crippen molar-refractivity contribution in [3.63, 3.8) is 0 Å². The van der Waals surface area contributed by atoms with Crippen molar-refractivity contribution in [2.75, 3.05) is 47.1 Å². The summed E-state index contributed by atoms with van der Waals surface area (Å²) in [7, 11) is -0.430. The van der Waals surface area contributed by atoms with Gasteiger partial charge in [0.25, 0.3) is 10.2 Å². The molecule has 0 saturated heterocycles. The molecular weight excluding hydrogens is 258 g/mol. The minimum absolute atomic E-state index is 0.0286. The molecule has 3 N–H and O–H groups in total. The van der Waals surface area contributed by atoms with E-state index in [9.17, 15) is 8.42 Å². The summed E-state index contributed by atoms with van der Waals surface area (Å²) in [6.45, 7) is 3.45. The van der Waals surface area contributed by atoms with Gasteiger partial charge in [-0.2, -0.15) is 12.7 Å². The van der Waals surface area contributed by atoms with Crippen LogP contribution in [0.3, 0.4) is 0 Å². The lowest BCUT2D eigenvalue weighted by atomic mass is 10.3. The predicted molar refractivity (Wildman–Crippen MR) is 70.5 cm³/mol. The van der Waals surface area contributed by atoms with Gasteiger partial charge in [-0.25, -0.2) is 4.72 Å². The number of methoxy groups -OCH3 is 2. The Kier molecular flexibility index (Phi) is 9.52. The summed E-state index contributed by atoms with van der Waals surface area (Å²) in [4.78, 5) is 0. The van der Waals surface area contributed by atoms with Crippen molar-refractivity contribution in [1.82, 2.24) is 9.03 Å². The first kappa shape index (κ1) is 17.8. The normalized spacial score (nSPS) is 14.1. The van der Waals surface area contributed by atoms with Crippen molar-refractivity contribution in [3.8, 4) is 0 Å². The smallest absolute Gasteiger partial charge is 0.279 e. The van der Waals surface area contributed by atoms with Crippen LogP contribution >= 0.6 is 0 Å². The van der Waals surface area contributed by atoms with Crippen molar-refractivity contribution in [3.05, 3.63) is 0 Å². The summed E-state index contributed by atoms with van der Waals surface area (Å²) in [6, 6.07) is -0.0286. The monoisotopic (exact) mass is 283 g/mol. The number of nitrogens with zero attached hydrogens (tertiary/aromatic N) is 1. The van der Waals surface area contributed by atoms with Gasteiger partial charge in [0.2, 0.25) is 0 Å². The summed E-state index contributed by atoms with van der Waals surface area (Å²) < 4.78 is 37.6. The molecule has 0 aromatic rings. The molecule has 1 unspecified atom stereocenters. The van der Waals surface area contributed by atoms with E-state index in [0.717, 1.165) is 0 Å². The average molecular weight is 283 g/mol. The van der Waals surface area contributed by atoms with Gasteiger partial charge in [0, 0.05) is 39.9 Å². The van der Waals surface area contributed by atoms with Gasteiger partial charge in [0.15, 0.2) is 0 Å². The Morgan fingerprint density at radius 3 is 2.11 bits per heavy atom. The van der Waals surface area contributed by atoms with Gasteiger partial charge in [-0.05, 0) is 13.3 Å². The molecule has 0 aromatic heterocycles. The van der Waals surface area contributed by atoms with Crippen molar-refractivity contribution in [2.45, 2.75) is 19.4 Å². The first-order chi connectivity index (χ1) is 8.44. The number of hydrogen-bond donors (Lipinski definition) is 2. The number of nitrogens with two attached hydrogens (primary N) is 1. The lowest BCUT2D eigenvalue weighted by Crippen LogP contribution is -2.44. The van der Waals surface area contributed by atoms with E-state index in [1.54, 1.807) is 0 Å². The Morgan fingerprint density at radius 2 is 1.72 bits per heavy atom. The van der Waals surface area contributed by atoms with Crippen LogP contribution in [-0.4, -0.2) is 65.8 Å². The summed E-state index contributed by atoms with van der Waals surface area (Å²) >= 11 is 0. The molecule has 1 atom stereocenters. The van der Waals surface area contributed by atoms with Crippen LogP contribution in [0.1, 0.15) is 13.3 Å². The summed E-state index contributed by atoms with van der Waals surface area (Å²) in [5, 5.41) is 0. The van der Waals surface area contributed by atoms with Gasteiger partial charge in [-0.15, -0.1) is 0 Å². The van der Waals surface area contributed by atoms with Gasteiger partial charge in [-0.1, -0.05) is 0 Å². The van der Waals surface area contributed by atoms with Gasteiger partial charge < -0.3 is 15.2 Å². The van der Waals surface area contributed by atoms with Crippen LogP contribution in [0.15, 0.2) is 0 Å². The molecule has 110 valence electrons. The third-order valence-electron chi connectivity index (χ3n) is 2.31. The second-order valence-electron chi connectivity index (χ2n) is 4.05. The number of ether oxygens (including phenoxy) is 2. The van der Waals surface area contributed by atoms with E-state index in [0.29, 0.717) is 39.3 Å². The molecule has 0 fully saturated rings. The Bertz CT molecular complexity index is 287. The largest absolute Gasteiger partial charge is 0.383 e. The Morgan fingerprint density at radius 1 is 1.22 bits per heavy atom. The SMILES string of the molecule is COCCN(CCOC)S(=O)(=O)NCCC(C)N. The van der Waals surface area contributed by atoms with E-state index in [1.807, 2.05) is 6.92 Å². The lowest BCUT2D eigenvalue weighted by molar-refractivity contribution is 0.149. The summed E-state index contributed by atoms with van der Waals surface area (Å²) in [6.07, 6.45) is 0.599. The van der Waals surface area contributed by atoms with Crippen molar-refractivity contribution in [2.24, 2.45) is 5.73 Å². The molecule has 18 heavy (non-hydrogen) atoms. The fourth-order valence-corrected chi connectivity index (χ4v) is 2.43. The maximum absolute atomic E-state index is 12.0. The van der Waals surface area contributed by atoms with Crippen LogP contribution in [0.5, 0.6) is 0 Å².